The Morgan fingerprint density at radius 3 is 2.41 bits per heavy atom. The first-order valence-electron chi connectivity index (χ1n) is 11.1. The van der Waals surface area contributed by atoms with Crippen LogP contribution >= 0.6 is 0 Å². The van der Waals surface area contributed by atoms with Gasteiger partial charge in [0.1, 0.15) is 6.04 Å². The van der Waals surface area contributed by atoms with E-state index in [9.17, 15) is 24.5 Å². The Morgan fingerprint density at radius 2 is 1.74 bits per heavy atom. The van der Waals surface area contributed by atoms with Gasteiger partial charge >= 0.3 is 0 Å². The molecule has 2 aromatic rings. The van der Waals surface area contributed by atoms with E-state index < -0.39 is 46.1 Å². The van der Waals surface area contributed by atoms with Crippen LogP contribution in [0.4, 0.5) is 11.4 Å². The van der Waals surface area contributed by atoms with Crippen LogP contribution < -0.4 is 4.90 Å². The van der Waals surface area contributed by atoms with Gasteiger partial charge in [-0.05, 0) is 23.6 Å². The zero-order chi connectivity index (χ0) is 24.5. The molecule has 2 saturated heterocycles. The first kappa shape index (κ1) is 21.9. The SMILES string of the molecule is Cc1ccc([N+](=O)[O-])cc1N1C(=O)[C@@H]2[C@H](C1=O)[C@H]1c3ccccc3C=NN1[C@@H]2C(=O)C(C)(C)C. The first-order chi connectivity index (χ1) is 16.0. The number of rotatable bonds is 3. The van der Waals surface area contributed by atoms with Gasteiger partial charge in [0.2, 0.25) is 11.8 Å². The monoisotopic (exact) mass is 460 g/mol. The van der Waals surface area contributed by atoms with E-state index in [0.717, 1.165) is 16.0 Å². The molecule has 5 rings (SSSR count). The highest BCUT2D eigenvalue weighted by molar-refractivity contribution is 6.24. The van der Waals surface area contributed by atoms with E-state index in [1.165, 1.54) is 18.2 Å². The van der Waals surface area contributed by atoms with Crippen LogP contribution in [0.25, 0.3) is 0 Å². The minimum Gasteiger partial charge on any atom is -0.297 e. The number of ketones is 1. The van der Waals surface area contributed by atoms with Gasteiger partial charge in [0, 0.05) is 17.5 Å². The number of aryl methyl sites for hydroxylation is 1. The highest BCUT2D eigenvalue weighted by atomic mass is 16.6. The van der Waals surface area contributed by atoms with Crippen molar-refractivity contribution in [1.82, 2.24) is 5.01 Å². The molecule has 34 heavy (non-hydrogen) atoms. The summed E-state index contributed by atoms with van der Waals surface area (Å²) in [6.45, 7) is 7.03. The zero-order valence-corrected chi connectivity index (χ0v) is 19.3. The summed E-state index contributed by atoms with van der Waals surface area (Å²) >= 11 is 0. The van der Waals surface area contributed by atoms with Crippen molar-refractivity contribution >= 4 is 35.2 Å². The number of non-ortho nitro benzene ring substituents is 1. The molecule has 174 valence electrons. The van der Waals surface area contributed by atoms with Gasteiger partial charge in [-0.2, -0.15) is 5.10 Å². The topological polar surface area (TPSA) is 113 Å². The van der Waals surface area contributed by atoms with E-state index in [1.54, 1.807) is 38.9 Å². The van der Waals surface area contributed by atoms with Crippen LogP contribution in [0.2, 0.25) is 0 Å². The van der Waals surface area contributed by atoms with Gasteiger partial charge in [0.15, 0.2) is 5.78 Å². The largest absolute Gasteiger partial charge is 0.297 e. The summed E-state index contributed by atoms with van der Waals surface area (Å²) < 4.78 is 0. The molecular weight excluding hydrogens is 436 g/mol. The number of anilines is 1. The maximum absolute atomic E-state index is 13.9. The smallest absolute Gasteiger partial charge is 0.271 e. The van der Waals surface area contributed by atoms with Crippen molar-refractivity contribution < 1.29 is 19.3 Å². The van der Waals surface area contributed by atoms with Gasteiger partial charge in [-0.3, -0.25) is 29.5 Å². The van der Waals surface area contributed by atoms with E-state index >= 15 is 0 Å². The number of nitro benzene ring substituents is 1. The molecule has 0 spiro atoms. The summed E-state index contributed by atoms with van der Waals surface area (Å²) in [5.74, 6) is -2.94. The number of nitro groups is 1. The van der Waals surface area contributed by atoms with Crippen molar-refractivity contribution in [3.05, 3.63) is 69.3 Å². The highest BCUT2D eigenvalue weighted by Gasteiger charge is 2.66. The molecule has 0 saturated carbocycles. The average molecular weight is 460 g/mol. The Morgan fingerprint density at radius 1 is 1.06 bits per heavy atom. The first-order valence-corrected chi connectivity index (χ1v) is 11.1. The van der Waals surface area contributed by atoms with Gasteiger partial charge in [-0.25, -0.2) is 4.90 Å². The van der Waals surface area contributed by atoms with E-state index in [0.29, 0.717) is 5.56 Å². The van der Waals surface area contributed by atoms with Crippen molar-refractivity contribution in [3.63, 3.8) is 0 Å². The second-order valence-corrected chi connectivity index (χ2v) is 10.0. The Kier molecular flexibility index (Phi) is 4.72. The van der Waals surface area contributed by atoms with E-state index in [2.05, 4.69) is 5.10 Å². The third-order valence-corrected chi connectivity index (χ3v) is 6.95. The summed E-state index contributed by atoms with van der Waals surface area (Å²) in [5.41, 5.74) is 1.42. The van der Waals surface area contributed by atoms with Gasteiger partial charge in [-0.1, -0.05) is 51.1 Å². The van der Waals surface area contributed by atoms with E-state index in [-0.39, 0.29) is 17.2 Å². The minimum absolute atomic E-state index is 0.180. The molecule has 0 N–H and O–H groups in total. The van der Waals surface area contributed by atoms with Crippen LogP contribution in [0.5, 0.6) is 0 Å². The molecule has 2 fully saturated rings. The number of fused-ring (bicyclic) bond motifs is 5. The normalized spacial score (nSPS) is 25.3. The Bertz CT molecular complexity index is 1290. The molecule has 9 heteroatoms. The lowest BCUT2D eigenvalue weighted by atomic mass is 9.79. The maximum Gasteiger partial charge on any atom is 0.271 e. The van der Waals surface area contributed by atoms with Crippen LogP contribution in [-0.4, -0.2) is 39.8 Å². The Balaban J connectivity index is 1.68. The van der Waals surface area contributed by atoms with Crippen LogP contribution in [0, 0.1) is 34.3 Å². The number of hydrogen-bond acceptors (Lipinski definition) is 7. The lowest BCUT2D eigenvalue weighted by Crippen LogP contribution is -2.48. The number of carbonyl (C=O) groups is 3. The summed E-state index contributed by atoms with van der Waals surface area (Å²) in [5, 5.41) is 17.5. The second-order valence-electron chi connectivity index (χ2n) is 10.0. The summed E-state index contributed by atoms with van der Waals surface area (Å²) in [6, 6.07) is 10.1. The lowest BCUT2D eigenvalue weighted by Gasteiger charge is -2.35. The van der Waals surface area contributed by atoms with Crippen molar-refractivity contribution in [2.45, 2.75) is 39.8 Å². The molecule has 9 nitrogen and oxygen atoms in total. The Labute approximate surface area is 196 Å². The molecule has 0 aliphatic carbocycles. The third kappa shape index (κ3) is 2.99. The lowest BCUT2D eigenvalue weighted by molar-refractivity contribution is -0.384. The number of carbonyl (C=O) groups excluding carboxylic acids is 3. The number of hydrazone groups is 1. The van der Waals surface area contributed by atoms with E-state index in [1.807, 2.05) is 24.3 Å². The standard InChI is InChI=1S/C25H24N4O5/c1-13-9-10-15(29(33)34)11-17(13)27-23(31)18-19(24(27)32)21(22(30)25(2,3)4)28-20(18)16-8-6-5-7-14(16)12-26-28/h5-12,18-21H,1-4H3/t18-,19+,20+,21-/m0/s1. The van der Waals surface area contributed by atoms with E-state index in [4.69, 9.17) is 0 Å². The highest BCUT2D eigenvalue weighted by Crippen LogP contribution is 2.54. The van der Waals surface area contributed by atoms with Crippen LogP contribution in [0.1, 0.15) is 43.5 Å². The fourth-order valence-electron chi connectivity index (χ4n) is 5.30. The zero-order valence-electron chi connectivity index (χ0n) is 19.3. The van der Waals surface area contributed by atoms with Crippen LogP contribution in [0.3, 0.4) is 0 Å². The second kappa shape index (κ2) is 7.31. The molecule has 2 amide bonds. The minimum atomic E-state index is -0.939. The van der Waals surface area contributed by atoms with Gasteiger partial charge in [-0.15, -0.1) is 0 Å². The summed E-state index contributed by atoms with van der Waals surface area (Å²) in [6.07, 6.45) is 1.66. The molecular formula is C25H24N4O5. The van der Waals surface area contributed by atoms with Crippen molar-refractivity contribution in [2.24, 2.45) is 22.4 Å². The number of benzene rings is 2. The van der Waals surface area contributed by atoms with Crippen molar-refractivity contribution in [2.75, 3.05) is 4.90 Å². The third-order valence-electron chi connectivity index (χ3n) is 6.95. The predicted molar refractivity (Wildman–Crippen MR) is 124 cm³/mol. The fourth-order valence-corrected chi connectivity index (χ4v) is 5.30. The predicted octanol–water partition coefficient (Wildman–Crippen LogP) is 3.40. The number of nitrogens with zero attached hydrogens (tertiary/aromatic N) is 4. The average Bonchev–Trinajstić information content (AvgIpc) is 3.25. The molecule has 3 aliphatic heterocycles. The molecule has 0 bridgehead atoms. The molecule has 3 heterocycles. The molecule has 0 unspecified atom stereocenters. The number of Topliss-reactive ketones (excluding diaryl/α,β-unsaturated/α-hetero) is 1. The molecule has 0 aromatic heterocycles. The van der Waals surface area contributed by atoms with Crippen molar-refractivity contribution in [1.29, 1.82) is 0 Å². The van der Waals surface area contributed by atoms with Gasteiger partial charge in [0.25, 0.3) is 5.69 Å². The maximum atomic E-state index is 13.9. The number of hydrogen-bond donors (Lipinski definition) is 0. The van der Waals surface area contributed by atoms with Crippen molar-refractivity contribution in [3.8, 4) is 0 Å². The number of imide groups is 1. The molecule has 3 aliphatic rings. The quantitative estimate of drug-likeness (QED) is 0.394. The van der Waals surface area contributed by atoms with Crippen LogP contribution in [0.15, 0.2) is 47.6 Å². The number of amides is 2. The molecule has 4 atom stereocenters. The van der Waals surface area contributed by atoms with Crippen LogP contribution in [-0.2, 0) is 14.4 Å². The summed E-state index contributed by atoms with van der Waals surface area (Å²) in [7, 11) is 0. The van der Waals surface area contributed by atoms with Gasteiger partial charge < -0.3 is 0 Å². The fraction of sp³-hybridized carbons (Fsp3) is 0.360. The Hall–Kier alpha value is -3.88. The van der Waals surface area contributed by atoms with Gasteiger partial charge in [0.05, 0.1) is 34.7 Å². The summed E-state index contributed by atoms with van der Waals surface area (Å²) in [4.78, 5) is 53.1. The molecule has 0 radical (unpaired) electrons. The molecule has 2 aromatic carbocycles.